The third-order valence-corrected chi connectivity index (χ3v) is 5.13. The maximum Gasteiger partial charge on any atom is 0.274 e. The fourth-order valence-corrected chi connectivity index (χ4v) is 3.76. The third kappa shape index (κ3) is 1.34. The van der Waals surface area contributed by atoms with Gasteiger partial charge in [-0.3, -0.25) is 4.98 Å². The van der Waals surface area contributed by atoms with Crippen LogP contribution in [0.3, 0.4) is 0 Å². The zero-order chi connectivity index (χ0) is 13.7. The Kier molecular flexibility index (Phi) is 2.37. The molecule has 1 aliphatic rings. The minimum Gasteiger partial charge on any atom is -0.256 e. The minimum absolute atomic E-state index is 0.247. The summed E-state index contributed by atoms with van der Waals surface area (Å²) in [5, 5.41) is 5.84. The molecule has 4 heterocycles. The normalized spacial score (nSPS) is 16.9. The van der Waals surface area contributed by atoms with Crippen molar-refractivity contribution in [1.82, 2.24) is 14.8 Å². The number of hydrogen-bond acceptors (Lipinski definition) is 2. The highest BCUT2D eigenvalue weighted by atomic mass is 15.3. The Labute approximate surface area is 118 Å². The zero-order valence-electron chi connectivity index (χ0n) is 12.0. The average molecular weight is 267 g/mol. The van der Waals surface area contributed by atoms with Crippen molar-refractivity contribution >= 4 is 16.6 Å². The summed E-state index contributed by atoms with van der Waals surface area (Å²) < 4.78 is 4.26. The highest BCUT2D eigenvalue weighted by Crippen LogP contribution is 2.41. The molecule has 1 aliphatic heterocycles. The van der Waals surface area contributed by atoms with Gasteiger partial charge in [0, 0.05) is 11.3 Å². The van der Waals surface area contributed by atoms with E-state index in [1.807, 2.05) is 12.5 Å². The van der Waals surface area contributed by atoms with Crippen LogP contribution < -0.4 is 4.40 Å². The molecule has 0 aliphatic carbocycles. The molecule has 0 saturated carbocycles. The van der Waals surface area contributed by atoms with Crippen LogP contribution in [0.25, 0.3) is 16.6 Å². The van der Waals surface area contributed by atoms with Gasteiger partial charge >= 0.3 is 0 Å². The summed E-state index contributed by atoms with van der Waals surface area (Å²) in [5.74, 6) is 0. The van der Waals surface area contributed by atoms with E-state index >= 15 is 0 Å². The first-order chi connectivity index (χ1) is 9.79. The van der Waals surface area contributed by atoms with Crippen LogP contribution in [0.1, 0.15) is 38.7 Å². The Hall–Kier alpha value is -1.97. The van der Waals surface area contributed by atoms with Crippen molar-refractivity contribution in [2.24, 2.45) is 0 Å². The van der Waals surface area contributed by atoms with Crippen LogP contribution in [-0.2, 0) is 12.0 Å². The van der Waals surface area contributed by atoms with Crippen molar-refractivity contribution < 1.29 is 4.40 Å². The van der Waals surface area contributed by atoms with Crippen molar-refractivity contribution in [3.8, 4) is 0 Å². The van der Waals surface area contributed by atoms with Crippen molar-refractivity contribution in [2.75, 3.05) is 0 Å². The molecule has 20 heavy (non-hydrogen) atoms. The van der Waals surface area contributed by atoms with E-state index < -0.39 is 0 Å². The van der Waals surface area contributed by atoms with Gasteiger partial charge in [0.25, 0.3) is 12.0 Å². The van der Waals surface area contributed by atoms with Gasteiger partial charge in [0.1, 0.15) is 6.54 Å². The summed E-state index contributed by atoms with van der Waals surface area (Å²) in [4.78, 5) is 4.57. The Morgan fingerprint density at radius 3 is 2.95 bits per heavy atom. The first-order valence-corrected chi connectivity index (χ1v) is 7.44. The van der Waals surface area contributed by atoms with Crippen molar-refractivity contribution in [3.05, 3.63) is 36.4 Å². The van der Waals surface area contributed by atoms with Gasteiger partial charge in [-0.2, -0.15) is 0 Å². The fraction of sp³-hybridized carbons (Fsp3) is 0.438. The van der Waals surface area contributed by atoms with E-state index in [1.165, 1.54) is 16.6 Å². The molecule has 3 aromatic heterocycles. The van der Waals surface area contributed by atoms with E-state index in [0.717, 1.165) is 31.3 Å². The Morgan fingerprint density at radius 1 is 1.30 bits per heavy atom. The van der Waals surface area contributed by atoms with Crippen molar-refractivity contribution in [2.45, 2.75) is 45.1 Å². The summed E-state index contributed by atoms with van der Waals surface area (Å²) in [6, 6.07) is 4.32. The highest BCUT2D eigenvalue weighted by Gasteiger charge is 2.36. The van der Waals surface area contributed by atoms with Crippen LogP contribution in [0.5, 0.6) is 0 Å². The first-order valence-electron chi connectivity index (χ1n) is 7.44. The second-order valence-corrected chi connectivity index (χ2v) is 5.76. The predicted molar refractivity (Wildman–Crippen MR) is 77.6 cm³/mol. The monoisotopic (exact) mass is 267 g/mol. The molecule has 0 radical (unpaired) electrons. The minimum atomic E-state index is 0.247. The van der Waals surface area contributed by atoms with Crippen LogP contribution in [0.4, 0.5) is 0 Å². The van der Waals surface area contributed by atoms with E-state index in [4.69, 9.17) is 0 Å². The number of aryl methyl sites for hydroxylation is 1. The molecule has 102 valence electrons. The topological polar surface area (TPSA) is 34.8 Å². The van der Waals surface area contributed by atoms with Gasteiger partial charge in [-0.05, 0) is 42.4 Å². The predicted octanol–water partition coefficient (Wildman–Crippen LogP) is 2.63. The zero-order valence-corrected chi connectivity index (χ0v) is 12.0. The molecule has 0 fully saturated rings. The Bertz CT molecular complexity index is 799. The molecule has 0 amide bonds. The smallest absolute Gasteiger partial charge is 0.256 e. The molecule has 0 spiro atoms. The van der Waals surface area contributed by atoms with Crippen LogP contribution in [0.15, 0.2) is 30.9 Å². The summed E-state index contributed by atoms with van der Waals surface area (Å²) in [6.07, 6.45) is 9.38. The van der Waals surface area contributed by atoms with Crippen LogP contribution >= 0.6 is 0 Å². The maximum absolute atomic E-state index is 4.57. The van der Waals surface area contributed by atoms with Gasteiger partial charge in [0.05, 0.1) is 17.1 Å². The van der Waals surface area contributed by atoms with E-state index in [2.05, 4.69) is 51.3 Å². The molecule has 4 nitrogen and oxygen atoms in total. The maximum atomic E-state index is 4.57. The molecule has 0 unspecified atom stereocenters. The fourth-order valence-electron chi connectivity index (χ4n) is 3.76. The molecule has 0 saturated heterocycles. The Balaban J connectivity index is 2.22. The first kappa shape index (κ1) is 11.8. The number of hydrogen-bond donors (Lipinski definition) is 0. The molecular weight excluding hydrogens is 248 g/mol. The molecule has 3 aromatic rings. The van der Waals surface area contributed by atoms with Gasteiger partial charge in [0.2, 0.25) is 0 Å². The van der Waals surface area contributed by atoms with Gasteiger partial charge in [-0.25, -0.2) is 4.40 Å². The lowest BCUT2D eigenvalue weighted by Crippen LogP contribution is -2.26. The van der Waals surface area contributed by atoms with Crippen LogP contribution in [-0.4, -0.2) is 14.8 Å². The third-order valence-electron chi connectivity index (χ3n) is 5.13. The summed E-state index contributed by atoms with van der Waals surface area (Å²) in [7, 11) is 0. The number of nitrogens with zero attached hydrogens (tertiary/aromatic N) is 4. The summed E-state index contributed by atoms with van der Waals surface area (Å²) in [5.41, 5.74) is 3.97. The second kappa shape index (κ2) is 4.01. The molecule has 4 heteroatoms. The highest BCUT2D eigenvalue weighted by molar-refractivity contribution is 5.93. The van der Waals surface area contributed by atoms with Crippen molar-refractivity contribution in [1.29, 1.82) is 0 Å². The van der Waals surface area contributed by atoms with E-state index in [9.17, 15) is 0 Å². The lowest BCUT2D eigenvalue weighted by molar-refractivity contribution is -0.511. The average Bonchev–Trinajstić information content (AvgIpc) is 2.86. The van der Waals surface area contributed by atoms with Gasteiger partial charge in [-0.15, -0.1) is 4.68 Å². The largest absolute Gasteiger partial charge is 0.274 e. The second-order valence-electron chi connectivity index (χ2n) is 5.76. The van der Waals surface area contributed by atoms with E-state index in [0.29, 0.717) is 0 Å². The molecule has 0 bridgehead atoms. The van der Waals surface area contributed by atoms with Crippen LogP contribution in [0.2, 0.25) is 0 Å². The Morgan fingerprint density at radius 2 is 2.15 bits per heavy atom. The quantitative estimate of drug-likeness (QED) is 0.669. The number of rotatable bonds is 2. The lowest BCUT2D eigenvalue weighted by atomic mass is 9.73. The summed E-state index contributed by atoms with van der Waals surface area (Å²) in [6.45, 7) is 5.58. The SMILES string of the molecule is CCC1(CC)CCn2nc[n+]3ccc4nccc1c4c23. The van der Waals surface area contributed by atoms with Gasteiger partial charge in [-0.1, -0.05) is 13.8 Å². The number of pyridine rings is 2. The van der Waals surface area contributed by atoms with Crippen molar-refractivity contribution in [3.63, 3.8) is 0 Å². The summed E-state index contributed by atoms with van der Waals surface area (Å²) >= 11 is 0. The van der Waals surface area contributed by atoms with E-state index in [-0.39, 0.29) is 5.41 Å². The van der Waals surface area contributed by atoms with E-state index in [1.54, 1.807) is 0 Å². The lowest BCUT2D eigenvalue weighted by Gasteiger charge is -2.31. The molecule has 0 atom stereocenters. The van der Waals surface area contributed by atoms with Gasteiger partial charge in [0.15, 0.2) is 0 Å². The molecular formula is C16H19N4+. The van der Waals surface area contributed by atoms with Crippen LogP contribution in [0, 0.1) is 0 Å². The standard InChI is InChI=1S/C16H19N4/c1-3-16(4-2)7-10-20-15-14-12(16)5-8-17-13(14)6-9-19(15)11-18-20/h5-6,8-9,11H,3-4,7,10H2,1-2H3/q+1. The van der Waals surface area contributed by atoms with Gasteiger partial charge < -0.3 is 0 Å². The molecule has 0 N–H and O–H groups in total. The molecule has 0 aromatic carbocycles. The molecule has 4 rings (SSSR count). The number of aromatic nitrogens is 4.